The molecule has 3 rings (SSSR count). The summed E-state index contributed by atoms with van der Waals surface area (Å²) in [4.78, 5) is 60.6. The van der Waals surface area contributed by atoms with Crippen molar-refractivity contribution in [2.45, 2.75) is 44.7 Å². The number of aliphatic carboxylic acids is 1. The molecule has 0 aromatic heterocycles. The predicted octanol–water partition coefficient (Wildman–Crippen LogP) is 0.432. The van der Waals surface area contributed by atoms with Crippen LogP contribution in [0.2, 0.25) is 0 Å². The van der Waals surface area contributed by atoms with Gasteiger partial charge in [0.15, 0.2) is 0 Å². The standard InChI is InChI=1S/C19H21N3O6/c23-15-8-7-14(18(27)21-15)22-10-13-11(4-3-5-12(13)19(22)28)17(26)20-9-2-1-6-16(24)25/h3-5,14H,1-2,6-10H2,(H,20,26)(H,24,25)(H,21,23,27). The summed E-state index contributed by atoms with van der Waals surface area (Å²) in [6.45, 7) is 0.462. The Morgan fingerprint density at radius 2 is 2.00 bits per heavy atom. The topological polar surface area (TPSA) is 133 Å². The second-order valence-electron chi connectivity index (χ2n) is 6.84. The fourth-order valence-corrected chi connectivity index (χ4v) is 3.50. The van der Waals surface area contributed by atoms with Crippen LogP contribution in [0, 0.1) is 0 Å². The Balaban J connectivity index is 1.68. The van der Waals surface area contributed by atoms with Gasteiger partial charge >= 0.3 is 5.97 Å². The molecule has 4 amide bonds. The molecule has 1 fully saturated rings. The van der Waals surface area contributed by atoms with E-state index in [0.29, 0.717) is 36.1 Å². The monoisotopic (exact) mass is 387 g/mol. The fraction of sp³-hybridized carbons (Fsp3) is 0.421. The zero-order valence-electron chi connectivity index (χ0n) is 15.2. The minimum atomic E-state index is -0.876. The second-order valence-corrected chi connectivity index (χ2v) is 6.84. The first-order chi connectivity index (χ1) is 13.4. The van der Waals surface area contributed by atoms with Crippen LogP contribution in [-0.4, -0.2) is 52.2 Å². The number of fused-ring (bicyclic) bond motifs is 1. The maximum Gasteiger partial charge on any atom is 0.303 e. The van der Waals surface area contributed by atoms with E-state index in [4.69, 9.17) is 5.11 Å². The van der Waals surface area contributed by atoms with Gasteiger partial charge in [-0.15, -0.1) is 0 Å². The molecule has 1 saturated heterocycles. The molecule has 0 aliphatic carbocycles. The van der Waals surface area contributed by atoms with Crippen LogP contribution < -0.4 is 10.6 Å². The van der Waals surface area contributed by atoms with Crippen LogP contribution in [0.15, 0.2) is 18.2 Å². The maximum atomic E-state index is 12.7. The average Bonchev–Trinajstić information content (AvgIpc) is 2.98. The van der Waals surface area contributed by atoms with Crippen LogP contribution in [0.1, 0.15) is 58.4 Å². The quantitative estimate of drug-likeness (QED) is 0.459. The summed E-state index contributed by atoms with van der Waals surface area (Å²) < 4.78 is 0. The molecule has 0 bridgehead atoms. The van der Waals surface area contributed by atoms with Gasteiger partial charge in [-0.05, 0) is 37.0 Å². The summed E-state index contributed by atoms with van der Waals surface area (Å²) in [6.07, 6.45) is 1.47. The van der Waals surface area contributed by atoms with Crippen molar-refractivity contribution >= 4 is 29.6 Å². The summed E-state index contributed by atoms with van der Waals surface area (Å²) in [5.74, 6) is -2.40. The molecule has 2 aliphatic heterocycles. The number of amides is 4. The molecule has 9 nitrogen and oxygen atoms in total. The molecule has 3 N–H and O–H groups in total. The molecule has 0 spiro atoms. The van der Waals surface area contributed by atoms with Crippen molar-refractivity contribution in [3.8, 4) is 0 Å². The fourth-order valence-electron chi connectivity index (χ4n) is 3.50. The van der Waals surface area contributed by atoms with E-state index >= 15 is 0 Å². The lowest BCUT2D eigenvalue weighted by Gasteiger charge is -2.29. The number of hydrogen-bond acceptors (Lipinski definition) is 5. The molecule has 28 heavy (non-hydrogen) atoms. The number of benzene rings is 1. The summed E-state index contributed by atoms with van der Waals surface area (Å²) >= 11 is 0. The lowest BCUT2D eigenvalue weighted by Crippen LogP contribution is -2.52. The first kappa shape index (κ1) is 19.5. The zero-order valence-corrected chi connectivity index (χ0v) is 15.2. The third-order valence-electron chi connectivity index (χ3n) is 4.93. The lowest BCUT2D eigenvalue weighted by molar-refractivity contribution is -0.138. The highest BCUT2D eigenvalue weighted by Crippen LogP contribution is 2.29. The molecule has 2 aliphatic rings. The smallest absolute Gasteiger partial charge is 0.303 e. The second kappa shape index (κ2) is 8.20. The Bertz CT molecular complexity index is 850. The van der Waals surface area contributed by atoms with Gasteiger partial charge in [-0.3, -0.25) is 29.3 Å². The van der Waals surface area contributed by atoms with Crippen molar-refractivity contribution in [1.82, 2.24) is 15.5 Å². The highest BCUT2D eigenvalue weighted by atomic mass is 16.4. The molecule has 1 atom stereocenters. The van der Waals surface area contributed by atoms with Crippen molar-refractivity contribution in [3.63, 3.8) is 0 Å². The van der Waals surface area contributed by atoms with Gasteiger partial charge in [0.05, 0.1) is 0 Å². The van der Waals surface area contributed by atoms with E-state index in [1.807, 2.05) is 0 Å². The average molecular weight is 387 g/mol. The highest BCUT2D eigenvalue weighted by molar-refractivity contribution is 6.07. The Morgan fingerprint density at radius 1 is 1.21 bits per heavy atom. The largest absolute Gasteiger partial charge is 0.481 e. The Morgan fingerprint density at radius 3 is 2.71 bits per heavy atom. The molecule has 148 valence electrons. The zero-order chi connectivity index (χ0) is 20.3. The minimum Gasteiger partial charge on any atom is -0.481 e. The van der Waals surface area contributed by atoms with E-state index in [2.05, 4.69) is 10.6 Å². The number of hydrogen-bond donors (Lipinski definition) is 3. The Kier molecular flexibility index (Phi) is 5.72. The van der Waals surface area contributed by atoms with Gasteiger partial charge in [0.1, 0.15) is 6.04 Å². The molecule has 1 aromatic rings. The van der Waals surface area contributed by atoms with E-state index in [1.54, 1.807) is 18.2 Å². The first-order valence-corrected chi connectivity index (χ1v) is 9.15. The number of nitrogens with one attached hydrogen (secondary N) is 2. The molecule has 2 heterocycles. The number of carboxylic acid groups (broad SMARTS) is 1. The number of rotatable bonds is 7. The van der Waals surface area contributed by atoms with E-state index in [-0.39, 0.29) is 43.5 Å². The Labute approximate surface area is 161 Å². The summed E-state index contributed by atoms with van der Waals surface area (Å²) in [5.41, 5.74) is 1.29. The van der Waals surface area contributed by atoms with Crippen LogP contribution >= 0.6 is 0 Å². The van der Waals surface area contributed by atoms with Crippen LogP contribution in [0.5, 0.6) is 0 Å². The van der Waals surface area contributed by atoms with E-state index in [9.17, 15) is 24.0 Å². The molecular formula is C19H21N3O6. The third kappa shape index (κ3) is 4.03. The summed E-state index contributed by atoms with van der Waals surface area (Å²) in [5, 5.41) is 13.6. The number of imide groups is 1. The number of unbranched alkanes of at least 4 members (excludes halogenated alkanes) is 1. The van der Waals surface area contributed by atoms with Gasteiger partial charge < -0.3 is 15.3 Å². The first-order valence-electron chi connectivity index (χ1n) is 9.15. The Hall–Kier alpha value is -3.23. The SMILES string of the molecule is O=C(O)CCCCNC(=O)c1cccc2c1CN(C1CCC(=O)NC1=O)C2=O. The van der Waals surface area contributed by atoms with Crippen molar-refractivity contribution < 1.29 is 29.1 Å². The van der Waals surface area contributed by atoms with Crippen molar-refractivity contribution in [1.29, 1.82) is 0 Å². The summed E-state index contributed by atoms with van der Waals surface area (Å²) in [6, 6.07) is 4.12. The number of carboxylic acids is 1. The van der Waals surface area contributed by atoms with Crippen molar-refractivity contribution in [2.24, 2.45) is 0 Å². The van der Waals surface area contributed by atoms with Gasteiger partial charge in [0.2, 0.25) is 11.8 Å². The normalized spacial score (nSPS) is 18.6. The van der Waals surface area contributed by atoms with Gasteiger partial charge in [-0.1, -0.05) is 6.07 Å². The van der Waals surface area contributed by atoms with Gasteiger partial charge in [0, 0.05) is 37.1 Å². The van der Waals surface area contributed by atoms with E-state index in [0.717, 1.165) is 0 Å². The lowest BCUT2D eigenvalue weighted by atomic mass is 10.0. The van der Waals surface area contributed by atoms with Crippen molar-refractivity contribution in [2.75, 3.05) is 6.54 Å². The van der Waals surface area contributed by atoms with Crippen LogP contribution in [0.4, 0.5) is 0 Å². The highest BCUT2D eigenvalue weighted by Gasteiger charge is 2.40. The molecule has 0 saturated carbocycles. The van der Waals surface area contributed by atoms with Gasteiger partial charge in [-0.25, -0.2) is 0 Å². The molecular weight excluding hydrogens is 366 g/mol. The molecule has 1 aromatic carbocycles. The van der Waals surface area contributed by atoms with Gasteiger partial charge in [0.25, 0.3) is 11.8 Å². The van der Waals surface area contributed by atoms with Crippen LogP contribution in [-0.2, 0) is 20.9 Å². The third-order valence-corrected chi connectivity index (χ3v) is 4.93. The van der Waals surface area contributed by atoms with Crippen LogP contribution in [0.25, 0.3) is 0 Å². The number of carbonyl (C=O) groups excluding carboxylic acids is 4. The van der Waals surface area contributed by atoms with Crippen LogP contribution in [0.3, 0.4) is 0 Å². The van der Waals surface area contributed by atoms with Gasteiger partial charge in [-0.2, -0.15) is 0 Å². The molecule has 9 heteroatoms. The minimum absolute atomic E-state index is 0.0476. The summed E-state index contributed by atoms with van der Waals surface area (Å²) in [7, 11) is 0. The maximum absolute atomic E-state index is 12.7. The molecule has 1 unspecified atom stereocenters. The molecule has 0 radical (unpaired) electrons. The van der Waals surface area contributed by atoms with E-state index in [1.165, 1.54) is 4.90 Å². The van der Waals surface area contributed by atoms with E-state index < -0.39 is 17.9 Å². The number of piperidine rings is 1. The number of carbonyl (C=O) groups is 5. The predicted molar refractivity (Wildman–Crippen MR) is 96.3 cm³/mol. The van der Waals surface area contributed by atoms with Crippen molar-refractivity contribution in [3.05, 3.63) is 34.9 Å². The number of nitrogens with zero attached hydrogens (tertiary/aromatic N) is 1.